The number of carbonyl (C=O) groups is 2. The maximum absolute atomic E-state index is 12.3. The molecule has 0 aliphatic heterocycles. The molecule has 1 atom stereocenters. The number of rotatable bonds is 6. The van der Waals surface area contributed by atoms with Gasteiger partial charge < -0.3 is 14.7 Å². The highest BCUT2D eigenvalue weighted by atomic mass is 35.5. The number of halogens is 2. The van der Waals surface area contributed by atoms with Gasteiger partial charge in [0, 0.05) is 13.1 Å². The van der Waals surface area contributed by atoms with E-state index < -0.39 is 11.9 Å². The number of ether oxygens (including phenoxy) is 1. The lowest BCUT2D eigenvalue weighted by Crippen LogP contribution is -2.36. The van der Waals surface area contributed by atoms with E-state index in [0.29, 0.717) is 15.8 Å². The molecule has 0 spiro atoms. The smallest absolute Gasteiger partial charge is 0.356 e. The van der Waals surface area contributed by atoms with Crippen molar-refractivity contribution in [3.63, 3.8) is 0 Å². The molecule has 0 fully saturated rings. The molecule has 0 radical (unpaired) electrons. The standard InChI is InChI=1S/C16H15Cl2N3O4/c1-9(25-10-3-4-11(17)12(18)5-10)8-21(2)15(22)13-6-20-14(7-19-13)16(23)24/h3-7,9H,8H2,1-2H3,(H,23,24). The van der Waals surface area contributed by atoms with Crippen molar-refractivity contribution in [2.45, 2.75) is 13.0 Å². The van der Waals surface area contributed by atoms with Crippen molar-refractivity contribution in [3.8, 4) is 5.75 Å². The zero-order valence-electron chi connectivity index (χ0n) is 13.4. The summed E-state index contributed by atoms with van der Waals surface area (Å²) in [7, 11) is 1.59. The molecular formula is C16H15Cl2N3O4. The summed E-state index contributed by atoms with van der Waals surface area (Å²) in [6, 6.07) is 4.90. The molecule has 2 aromatic rings. The van der Waals surface area contributed by atoms with Gasteiger partial charge in [0.25, 0.3) is 5.91 Å². The summed E-state index contributed by atoms with van der Waals surface area (Å²) in [6.07, 6.45) is 1.85. The zero-order valence-corrected chi connectivity index (χ0v) is 15.0. The Balaban J connectivity index is 1.97. The fraction of sp³-hybridized carbons (Fsp3) is 0.250. The molecule has 7 nitrogen and oxygen atoms in total. The Morgan fingerprint density at radius 1 is 1.20 bits per heavy atom. The number of likely N-dealkylation sites (N-methyl/N-ethyl adjacent to an activating group) is 1. The first-order valence-corrected chi connectivity index (χ1v) is 7.96. The van der Waals surface area contributed by atoms with E-state index in [9.17, 15) is 9.59 Å². The first-order chi connectivity index (χ1) is 11.8. The summed E-state index contributed by atoms with van der Waals surface area (Å²) in [5, 5.41) is 9.59. The van der Waals surface area contributed by atoms with E-state index in [1.165, 1.54) is 4.90 Å². The van der Waals surface area contributed by atoms with Crippen molar-refractivity contribution >= 4 is 35.1 Å². The van der Waals surface area contributed by atoms with E-state index in [0.717, 1.165) is 12.4 Å². The Kier molecular flexibility index (Phi) is 6.17. The van der Waals surface area contributed by atoms with E-state index >= 15 is 0 Å². The van der Waals surface area contributed by atoms with E-state index in [4.69, 9.17) is 33.0 Å². The van der Waals surface area contributed by atoms with E-state index in [-0.39, 0.29) is 24.0 Å². The number of carbonyl (C=O) groups excluding carboxylic acids is 1. The quantitative estimate of drug-likeness (QED) is 0.823. The number of nitrogens with zero attached hydrogens (tertiary/aromatic N) is 3. The van der Waals surface area contributed by atoms with Crippen LogP contribution in [0, 0.1) is 0 Å². The second-order valence-corrected chi connectivity index (χ2v) is 6.10. The molecule has 0 aliphatic carbocycles. The van der Waals surface area contributed by atoms with Crippen molar-refractivity contribution in [2.75, 3.05) is 13.6 Å². The summed E-state index contributed by atoms with van der Waals surface area (Å²) in [6.45, 7) is 2.08. The first-order valence-electron chi connectivity index (χ1n) is 7.20. The Hall–Kier alpha value is -2.38. The van der Waals surface area contributed by atoms with Gasteiger partial charge >= 0.3 is 5.97 Å². The Morgan fingerprint density at radius 3 is 2.40 bits per heavy atom. The molecule has 25 heavy (non-hydrogen) atoms. The van der Waals surface area contributed by atoms with E-state index in [2.05, 4.69) is 9.97 Å². The number of amides is 1. The average molecular weight is 384 g/mol. The molecular weight excluding hydrogens is 369 g/mol. The topological polar surface area (TPSA) is 92.6 Å². The molecule has 0 bridgehead atoms. The lowest BCUT2D eigenvalue weighted by Gasteiger charge is -2.22. The third-order valence-corrected chi connectivity index (χ3v) is 3.94. The minimum Gasteiger partial charge on any atom is -0.489 e. The van der Waals surface area contributed by atoms with Crippen LogP contribution in [0.2, 0.25) is 10.0 Å². The fourth-order valence-electron chi connectivity index (χ4n) is 2.03. The molecule has 9 heteroatoms. The maximum atomic E-state index is 12.3. The van der Waals surface area contributed by atoms with Crippen LogP contribution in [-0.4, -0.2) is 51.5 Å². The summed E-state index contributed by atoms with van der Waals surface area (Å²) in [5.74, 6) is -1.06. The molecule has 1 heterocycles. The number of benzene rings is 1. The molecule has 0 saturated carbocycles. The van der Waals surface area contributed by atoms with Gasteiger partial charge in [-0.05, 0) is 19.1 Å². The fourth-order valence-corrected chi connectivity index (χ4v) is 2.32. The van der Waals surface area contributed by atoms with Gasteiger partial charge in [0.2, 0.25) is 0 Å². The number of hydrogen-bond donors (Lipinski definition) is 1. The molecule has 1 N–H and O–H groups in total. The van der Waals surface area contributed by atoms with Crippen LogP contribution in [0.4, 0.5) is 0 Å². The summed E-state index contributed by atoms with van der Waals surface area (Å²) < 4.78 is 5.71. The van der Waals surface area contributed by atoms with Gasteiger partial charge in [-0.15, -0.1) is 0 Å². The van der Waals surface area contributed by atoms with Crippen LogP contribution >= 0.6 is 23.2 Å². The number of aromatic carboxylic acids is 1. The van der Waals surface area contributed by atoms with Crippen molar-refractivity contribution in [1.82, 2.24) is 14.9 Å². The molecule has 0 aliphatic rings. The molecule has 1 aromatic heterocycles. The second-order valence-electron chi connectivity index (χ2n) is 5.28. The Morgan fingerprint density at radius 2 is 1.84 bits per heavy atom. The van der Waals surface area contributed by atoms with Crippen molar-refractivity contribution < 1.29 is 19.4 Å². The van der Waals surface area contributed by atoms with Crippen LogP contribution < -0.4 is 4.74 Å². The van der Waals surface area contributed by atoms with Crippen molar-refractivity contribution in [2.24, 2.45) is 0 Å². The minimum absolute atomic E-state index is 0.0502. The van der Waals surface area contributed by atoms with Crippen LogP contribution in [-0.2, 0) is 0 Å². The van der Waals surface area contributed by atoms with Crippen LogP contribution in [0.15, 0.2) is 30.6 Å². The number of aromatic nitrogens is 2. The summed E-state index contributed by atoms with van der Waals surface area (Å²) in [5.41, 5.74) is -0.176. The van der Waals surface area contributed by atoms with Crippen molar-refractivity contribution in [1.29, 1.82) is 0 Å². The Bertz CT molecular complexity index is 783. The number of carboxylic acids is 1. The monoisotopic (exact) mass is 383 g/mol. The molecule has 0 saturated heterocycles. The minimum atomic E-state index is -1.21. The predicted molar refractivity (Wildman–Crippen MR) is 92.5 cm³/mol. The van der Waals surface area contributed by atoms with Gasteiger partial charge in [-0.3, -0.25) is 4.79 Å². The van der Waals surface area contributed by atoms with Gasteiger partial charge in [-0.2, -0.15) is 0 Å². The van der Waals surface area contributed by atoms with Crippen LogP contribution in [0.5, 0.6) is 5.75 Å². The highest BCUT2D eigenvalue weighted by Gasteiger charge is 2.18. The van der Waals surface area contributed by atoms with Crippen LogP contribution in [0.25, 0.3) is 0 Å². The third kappa shape index (κ3) is 5.04. The average Bonchev–Trinajstić information content (AvgIpc) is 2.57. The van der Waals surface area contributed by atoms with Gasteiger partial charge in [0.05, 0.1) is 29.0 Å². The predicted octanol–water partition coefficient (Wildman–Crippen LogP) is 3.02. The van der Waals surface area contributed by atoms with Gasteiger partial charge in [0.15, 0.2) is 5.69 Å². The van der Waals surface area contributed by atoms with Gasteiger partial charge in [0.1, 0.15) is 17.5 Å². The lowest BCUT2D eigenvalue weighted by atomic mass is 10.3. The normalized spacial score (nSPS) is 11.7. The zero-order chi connectivity index (χ0) is 18.6. The molecule has 132 valence electrons. The largest absolute Gasteiger partial charge is 0.489 e. The molecule has 1 unspecified atom stereocenters. The highest BCUT2D eigenvalue weighted by molar-refractivity contribution is 6.42. The number of hydrogen-bond acceptors (Lipinski definition) is 5. The molecule has 1 amide bonds. The number of carboxylic acid groups (broad SMARTS) is 1. The summed E-state index contributed by atoms with van der Waals surface area (Å²) in [4.78, 5) is 32.0. The SMILES string of the molecule is CC(CN(C)C(=O)c1cnc(C(=O)O)cn1)Oc1ccc(Cl)c(Cl)c1. The van der Waals surface area contributed by atoms with Crippen molar-refractivity contribution in [3.05, 3.63) is 52.0 Å². The third-order valence-electron chi connectivity index (χ3n) is 3.20. The first kappa shape index (κ1) is 19.0. The lowest BCUT2D eigenvalue weighted by molar-refractivity contribution is 0.0683. The molecule has 2 rings (SSSR count). The van der Waals surface area contributed by atoms with Gasteiger partial charge in [-0.1, -0.05) is 23.2 Å². The maximum Gasteiger partial charge on any atom is 0.356 e. The van der Waals surface area contributed by atoms with Crippen LogP contribution in [0.1, 0.15) is 27.9 Å². The van der Waals surface area contributed by atoms with Gasteiger partial charge in [-0.25, -0.2) is 14.8 Å². The summed E-state index contributed by atoms with van der Waals surface area (Å²) >= 11 is 11.8. The highest BCUT2D eigenvalue weighted by Crippen LogP contribution is 2.26. The molecule has 1 aromatic carbocycles. The van der Waals surface area contributed by atoms with Crippen LogP contribution in [0.3, 0.4) is 0 Å². The second kappa shape index (κ2) is 8.13. The Labute approximate surface area is 154 Å². The van der Waals surface area contributed by atoms with E-state index in [1.54, 1.807) is 32.2 Å². The van der Waals surface area contributed by atoms with E-state index in [1.807, 2.05) is 0 Å².